The van der Waals surface area contributed by atoms with Gasteiger partial charge in [-0.3, -0.25) is 9.59 Å². The molecule has 1 aromatic carbocycles. The van der Waals surface area contributed by atoms with E-state index in [0.717, 1.165) is 35.8 Å². The Morgan fingerprint density at radius 1 is 1.21 bits per heavy atom. The molecule has 0 saturated heterocycles. The van der Waals surface area contributed by atoms with Gasteiger partial charge in [-0.15, -0.1) is 0 Å². The molecule has 1 aliphatic carbocycles. The summed E-state index contributed by atoms with van der Waals surface area (Å²) in [5, 5.41) is 4.04. The minimum atomic E-state index is -0.0242. The second-order valence-corrected chi connectivity index (χ2v) is 7.37. The van der Waals surface area contributed by atoms with Crippen LogP contribution in [0.2, 0.25) is 0 Å². The molecule has 28 heavy (non-hydrogen) atoms. The fourth-order valence-electron chi connectivity index (χ4n) is 3.77. The van der Waals surface area contributed by atoms with Gasteiger partial charge in [0.2, 0.25) is 5.95 Å². The zero-order valence-electron chi connectivity index (χ0n) is 16.1. The average Bonchev–Trinajstić information content (AvgIpc) is 3.35. The third kappa shape index (κ3) is 3.35. The van der Waals surface area contributed by atoms with Gasteiger partial charge in [0.05, 0.1) is 0 Å². The van der Waals surface area contributed by atoms with Crippen LogP contribution in [0.15, 0.2) is 36.5 Å². The third-order valence-electron chi connectivity index (χ3n) is 5.19. The number of anilines is 2. The summed E-state index contributed by atoms with van der Waals surface area (Å²) in [5.74, 6) is 0.441. The van der Waals surface area contributed by atoms with Crippen LogP contribution in [0, 0.1) is 0 Å². The number of carbonyl (C=O) groups is 2. The van der Waals surface area contributed by atoms with Crippen LogP contribution in [0.3, 0.4) is 0 Å². The Labute approximate surface area is 163 Å². The van der Waals surface area contributed by atoms with Gasteiger partial charge >= 0.3 is 0 Å². The highest BCUT2D eigenvalue weighted by Gasteiger charge is 2.26. The zero-order valence-corrected chi connectivity index (χ0v) is 16.1. The number of fused-ring (bicyclic) bond motifs is 1. The minimum Gasteiger partial charge on any atom is -0.343 e. The topological polar surface area (TPSA) is 80.1 Å². The summed E-state index contributed by atoms with van der Waals surface area (Å²) in [6.45, 7) is 0. The Morgan fingerprint density at radius 3 is 2.57 bits per heavy atom. The van der Waals surface area contributed by atoms with Crippen LogP contribution in [-0.2, 0) is 0 Å². The van der Waals surface area contributed by atoms with Crippen LogP contribution in [0.1, 0.15) is 52.6 Å². The van der Waals surface area contributed by atoms with Gasteiger partial charge in [-0.05, 0) is 43.2 Å². The third-order valence-corrected chi connectivity index (χ3v) is 5.19. The van der Waals surface area contributed by atoms with Gasteiger partial charge in [0.15, 0.2) is 0 Å². The summed E-state index contributed by atoms with van der Waals surface area (Å²) in [5.41, 5.74) is 2.85. The summed E-state index contributed by atoms with van der Waals surface area (Å²) in [7, 11) is 3.53. The second kappa shape index (κ2) is 7.42. The fourth-order valence-corrected chi connectivity index (χ4v) is 3.77. The van der Waals surface area contributed by atoms with Crippen LogP contribution >= 0.6 is 0 Å². The Morgan fingerprint density at radius 2 is 1.93 bits per heavy atom. The normalized spacial score (nSPS) is 14.4. The Hall–Kier alpha value is -3.22. The Bertz CT molecular complexity index is 1020. The molecule has 0 atom stereocenters. The Balaban J connectivity index is 1.75. The first-order valence-electron chi connectivity index (χ1n) is 9.48. The lowest BCUT2D eigenvalue weighted by Gasteiger charge is -2.19. The summed E-state index contributed by atoms with van der Waals surface area (Å²) in [4.78, 5) is 34.3. The van der Waals surface area contributed by atoms with Crippen molar-refractivity contribution >= 4 is 34.9 Å². The maximum atomic E-state index is 12.7. The molecule has 4 rings (SSSR count). The monoisotopic (exact) mass is 377 g/mol. The van der Waals surface area contributed by atoms with Gasteiger partial charge < -0.3 is 14.8 Å². The molecule has 2 heterocycles. The first-order valence-corrected chi connectivity index (χ1v) is 9.48. The van der Waals surface area contributed by atoms with Gasteiger partial charge in [-0.25, -0.2) is 4.98 Å². The SMILES string of the molecule is CN(C)C(=O)c1cc2cnc(Nc3ccc(C=O)cc3)nc2n1C1CCCC1. The molecule has 7 nitrogen and oxygen atoms in total. The van der Waals surface area contributed by atoms with Crippen molar-refractivity contribution in [2.24, 2.45) is 0 Å². The van der Waals surface area contributed by atoms with E-state index < -0.39 is 0 Å². The van der Waals surface area contributed by atoms with Crippen molar-refractivity contribution in [3.05, 3.63) is 47.8 Å². The highest BCUT2D eigenvalue weighted by molar-refractivity contribution is 5.98. The molecular formula is C21H23N5O2. The smallest absolute Gasteiger partial charge is 0.270 e. The van der Waals surface area contributed by atoms with E-state index in [-0.39, 0.29) is 11.9 Å². The number of nitrogens with one attached hydrogen (secondary N) is 1. The van der Waals surface area contributed by atoms with Crippen molar-refractivity contribution in [2.45, 2.75) is 31.7 Å². The molecule has 1 saturated carbocycles. The largest absolute Gasteiger partial charge is 0.343 e. The van der Waals surface area contributed by atoms with E-state index in [1.807, 2.05) is 18.2 Å². The number of rotatable bonds is 5. The molecular weight excluding hydrogens is 354 g/mol. The van der Waals surface area contributed by atoms with Gasteiger partial charge in [-0.2, -0.15) is 4.98 Å². The van der Waals surface area contributed by atoms with Gasteiger partial charge in [0.25, 0.3) is 5.91 Å². The molecule has 0 radical (unpaired) electrons. The lowest BCUT2D eigenvalue weighted by Crippen LogP contribution is -2.25. The molecule has 144 valence electrons. The molecule has 0 spiro atoms. The van der Waals surface area contributed by atoms with E-state index in [0.29, 0.717) is 17.2 Å². The number of carbonyl (C=O) groups excluding carboxylic acids is 2. The zero-order chi connectivity index (χ0) is 19.7. The fraction of sp³-hybridized carbons (Fsp3) is 0.333. The van der Waals surface area contributed by atoms with Gasteiger partial charge in [-0.1, -0.05) is 12.8 Å². The molecule has 0 bridgehead atoms. The number of aromatic nitrogens is 3. The van der Waals surface area contributed by atoms with Gasteiger partial charge in [0.1, 0.15) is 17.6 Å². The lowest BCUT2D eigenvalue weighted by atomic mass is 10.2. The summed E-state index contributed by atoms with van der Waals surface area (Å²) in [6.07, 6.45) is 7.00. The summed E-state index contributed by atoms with van der Waals surface area (Å²) in [6, 6.07) is 9.28. The predicted molar refractivity (Wildman–Crippen MR) is 108 cm³/mol. The maximum absolute atomic E-state index is 12.7. The van der Waals surface area contributed by atoms with Crippen molar-refractivity contribution in [1.82, 2.24) is 19.4 Å². The predicted octanol–water partition coefficient (Wildman–Crippen LogP) is 3.80. The molecule has 1 aliphatic rings. The van der Waals surface area contributed by atoms with Gasteiger partial charge in [0, 0.05) is 43.0 Å². The first-order chi connectivity index (χ1) is 13.6. The number of nitrogens with zero attached hydrogens (tertiary/aromatic N) is 4. The van der Waals surface area contributed by atoms with Crippen LogP contribution in [-0.4, -0.2) is 45.7 Å². The Kier molecular flexibility index (Phi) is 4.81. The number of amides is 1. The summed E-state index contributed by atoms with van der Waals surface area (Å²) < 4.78 is 2.09. The number of hydrogen-bond acceptors (Lipinski definition) is 5. The molecule has 3 aromatic rings. The molecule has 1 fully saturated rings. The maximum Gasteiger partial charge on any atom is 0.270 e. The van der Waals surface area contributed by atoms with Crippen LogP contribution in [0.5, 0.6) is 0 Å². The van der Waals surface area contributed by atoms with Crippen LogP contribution in [0.4, 0.5) is 11.6 Å². The molecule has 0 aliphatic heterocycles. The van der Waals surface area contributed by atoms with E-state index >= 15 is 0 Å². The molecule has 1 N–H and O–H groups in total. The van der Waals surface area contributed by atoms with Crippen molar-refractivity contribution in [1.29, 1.82) is 0 Å². The highest BCUT2D eigenvalue weighted by atomic mass is 16.2. The summed E-state index contributed by atoms with van der Waals surface area (Å²) >= 11 is 0. The molecule has 1 amide bonds. The second-order valence-electron chi connectivity index (χ2n) is 7.37. The number of benzene rings is 1. The molecule has 7 heteroatoms. The van der Waals surface area contributed by atoms with E-state index in [2.05, 4.69) is 14.9 Å². The minimum absolute atomic E-state index is 0.0242. The van der Waals surface area contributed by atoms with Crippen LogP contribution < -0.4 is 5.32 Å². The van der Waals surface area contributed by atoms with E-state index in [1.54, 1.807) is 37.3 Å². The quantitative estimate of drug-likeness (QED) is 0.684. The van der Waals surface area contributed by atoms with E-state index in [9.17, 15) is 9.59 Å². The van der Waals surface area contributed by atoms with E-state index in [4.69, 9.17) is 4.98 Å². The average molecular weight is 377 g/mol. The molecule has 0 unspecified atom stereocenters. The van der Waals surface area contributed by atoms with Crippen molar-refractivity contribution < 1.29 is 9.59 Å². The number of aldehydes is 1. The lowest BCUT2D eigenvalue weighted by molar-refractivity contribution is 0.0815. The number of hydrogen-bond donors (Lipinski definition) is 1. The van der Waals surface area contributed by atoms with Crippen molar-refractivity contribution in [3.63, 3.8) is 0 Å². The highest BCUT2D eigenvalue weighted by Crippen LogP contribution is 2.34. The van der Waals surface area contributed by atoms with Crippen molar-refractivity contribution in [2.75, 3.05) is 19.4 Å². The standard InChI is InChI=1S/C21H23N5O2/c1-25(2)20(28)18-11-15-12-22-21(23-16-9-7-14(13-27)8-10-16)24-19(15)26(18)17-5-3-4-6-17/h7-13,17H,3-6H2,1-2H3,(H,22,23,24). The van der Waals surface area contributed by atoms with Crippen LogP contribution in [0.25, 0.3) is 11.0 Å². The van der Waals surface area contributed by atoms with E-state index in [1.165, 1.54) is 12.8 Å². The van der Waals surface area contributed by atoms with Crippen molar-refractivity contribution in [3.8, 4) is 0 Å². The first kappa shape index (κ1) is 18.2. The molecule has 2 aromatic heterocycles.